The summed E-state index contributed by atoms with van der Waals surface area (Å²) >= 11 is 0. The van der Waals surface area contributed by atoms with Crippen molar-refractivity contribution in [3.05, 3.63) is 16.9 Å². The van der Waals surface area contributed by atoms with Crippen LogP contribution in [0.3, 0.4) is 0 Å². The van der Waals surface area contributed by atoms with E-state index in [1.807, 2.05) is 0 Å². The van der Waals surface area contributed by atoms with Crippen LogP contribution in [0.2, 0.25) is 0 Å². The van der Waals surface area contributed by atoms with Crippen molar-refractivity contribution >= 4 is 11.9 Å². The summed E-state index contributed by atoms with van der Waals surface area (Å²) in [5, 5.41) is 33.9. The van der Waals surface area contributed by atoms with Gasteiger partial charge in [-0.3, -0.25) is 0 Å². The van der Waals surface area contributed by atoms with Crippen molar-refractivity contribution in [2.75, 3.05) is 19.7 Å². The Morgan fingerprint density at radius 1 is 1.38 bits per heavy atom. The Hall–Kier alpha value is -1.48. The molecule has 1 unspecified atom stereocenters. The zero-order chi connectivity index (χ0) is 19.3. The topological polar surface area (TPSA) is 116 Å². The maximum atomic E-state index is 13.0. The molecule has 0 aromatic rings. The molecular weight excluding hydrogens is 342 g/mol. The number of hydrogen-bond acceptors (Lipinski definition) is 7. The van der Waals surface area contributed by atoms with Crippen LogP contribution in [0.15, 0.2) is 11.6 Å². The van der Waals surface area contributed by atoms with Gasteiger partial charge in [-0.2, -0.15) is 0 Å². The normalized spacial score (nSPS) is 48.4. The number of rotatable bonds is 0. The summed E-state index contributed by atoms with van der Waals surface area (Å²) in [7, 11) is 0. The molecule has 8 heteroatoms. The Kier molecular flexibility index (Phi) is 4.89. The molecule has 0 spiro atoms. The lowest BCUT2D eigenvalue weighted by Gasteiger charge is -2.40. The molecule has 3 aliphatic heterocycles. The highest BCUT2D eigenvalue weighted by Crippen LogP contribution is 2.42. The molecule has 2 N–H and O–H groups in total. The number of ether oxygens (including phenoxy) is 2. The fourth-order valence-corrected chi connectivity index (χ4v) is 4.40. The van der Waals surface area contributed by atoms with E-state index in [-0.39, 0.29) is 26.1 Å². The Morgan fingerprint density at radius 2 is 2.08 bits per heavy atom. The molecular formula is C18H27NO7. The van der Waals surface area contributed by atoms with E-state index in [1.165, 1.54) is 6.92 Å². The van der Waals surface area contributed by atoms with Crippen LogP contribution in [0, 0.1) is 17.0 Å². The molecule has 0 radical (unpaired) electrons. The molecule has 3 saturated heterocycles. The molecule has 3 aliphatic rings. The number of hydrogen-bond donors (Lipinski definition) is 2. The largest absolute Gasteiger partial charge is 0.632 e. The number of cyclic esters (lactones) is 1. The van der Waals surface area contributed by atoms with Crippen molar-refractivity contribution in [3.63, 3.8) is 0 Å². The van der Waals surface area contributed by atoms with E-state index in [4.69, 9.17) is 9.47 Å². The zero-order valence-corrected chi connectivity index (χ0v) is 15.4. The van der Waals surface area contributed by atoms with Crippen molar-refractivity contribution in [1.82, 2.24) is 0 Å². The number of nitrogens with zero attached hydrogens (tertiary/aromatic N) is 1. The summed E-state index contributed by atoms with van der Waals surface area (Å²) in [6.07, 6.45) is 0.602. The van der Waals surface area contributed by atoms with Crippen LogP contribution >= 0.6 is 0 Å². The number of carbonyl (C=O) groups is 2. The summed E-state index contributed by atoms with van der Waals surface area (Å²) in [4.78, 5) is 25.0. The molecule has 0 amide bonds. The Morgan fingerprint density at radius 3 is 2.73 bits per heavy atom. The number of allylic oxidation sites excluding steroid dienone is 1. The van der Waals surface area contributed by atoms with Gasteiger partial charge in [-0.05, 0) is 26.2 Å². The molecule has 3 fully saturated rings. The van der Waals surface area contributed by atoms with Crippen molar-refractivity contribution in [3.8, 4) is 0 Å². The van der Waals surface area contributed by atoms with E-state index < -0.39 is 52.3 Å². The maximum absolute atomic E-state index is 13.0. The minimum Gasteiger partial charge on any atom is -0.632 e. The van der Waals surface area contributed by atoms with E-state index in [2.05, 4.69) is 0 Å². The van der Waals surface area contributed by atoms with Gasteiger partial charge >= 0.3 is 11.9 Å². The van der Waals surface area contributed by atoms with Gasteiger partial charge in [0, 0.05) is 12.0 Å². The van der Waals surface area contributed by atoms with Crippen LogP contribution in [-0.4, -0.2) is 70.3 Å². The lowest BCUT2D eigenvalue weighted by Crippen LogP contribution is -2.50. The first kappa shape index (κ1) is 19.3. The molecule has 3 rings (SSSR count). The fourth-order valence-electron chi connectivity index (χ4n) is 4.40. The number of hydroxylamine groups is 3. The highest BCUT2D eigenvalue weighted by molar-refractivity contribution is 5.89. The van der Waals surface area contributed by atoms with Gasteiger partial charge in [0.15, 0.2) is 11.7 Å². The summed E-state index contributed by atoms with van der Waals surface area (Å²) in [6.45, 7) is 4.76. The fraction of sp³-hybridized carbons (Fsp3) is 0.778. The smallest absolute Gasteiger partial charge is 0.338 e. The van der Waals surface area contributed by atoms with Crippen LogP contribution in [-0.2, 0) is 19.1 Å². The molecule has 3 heterocycles. The molecule has 0 aromatic heterocycles. The first-order chi connectivity index (χ1) is 12.1. The second-order valence-electron chi connectivity index (χ2n) is 7.98. The number of esters is 2. The Bertz CT molecular complexity index is 631. The van der Waals surface area contributed by atoms with Gasteiger partial charge in [0.25, 0.3) is 0 Å². The average molecular weight is 369 g/mol. The standard InChI is InChI=1S/C18H27NO7/c1-4-11-7-10(2)18(3,23)17(22)25-9-12-13(20)8-19(24)6-5-14(15(12)19)26-16(11)21/h4,10,12-15,20,23H,5-9H2,1-3H3/b11-4-/t10-,12+,13-,14-,15-,18-,19?/m1/s1. The van der Waals surface area contributed by atoms with Gasteiger partial charge in [0.1, 0.15) is 25.3 Å². The third-order valence-corrected chi connectivity index (χ3v) is 6.32. The predicted octanol–water partition coefficient (Wildman–Crippen LogP) is 0.256. The van der Waals surface area contributed by atoms with Crippen molar-refractivity contribution in [2.24, 2.45) is 11.8 Å². The van der Waals surface area contributed by atoms with Gasteiger partial charge in [0.2, 0.25) is 0 Å². The number of aliphatic hydroxyl groups is 2. The number of carbonyl (C=O) groups excluding carboxylic acids is 2. The lowest BCUT2D eigenvalue weighted by molar-refractivity contribution is -0.884. The third-order valence-electron chi connectivity index (χ3n) is 6.32. The predicted molar refractivity (Wildman–Crippen MR) is 90.3 cm³/mol. The zero-order valence-electron chi connectivity index (χ0n) is 15.4. The summed E-state index contributed by atoms with van der Waals surface area (Å²) in [6, 6.07) is -0.665. The van der Waals surface area contributed by atoms with Crippen molar-refractivity contribution < 1.29 is 33.9 Å². The van der Waals surface area contributed by atoms with Gasteiger partial charge in [0.05, 0.1) is 12.5 Å². The molecule has 0 aromatic carbocycles. The third kappa shape index (κ3) is 3.05. The Labute approximate surface area is 152 Å². The highest BCUT2D eigenvalue weighted by atomic mass is 16.6. The van der Waals surface area contributed by atoms with Crippen molar-refractivity contribution in [2.45, 2.75) is 57.5 Å². The van der Waals surface area contributed by atoms with E-state index in [0.717, 1.165) is 0 Å². The minimum absolute atomic E-state index is 0.00972. The SMILES string of the molecule is C/C=C1/C[C@@H](C)[C@@](C)(O)C(=O)OC[C@@H]2[C@@H]3[C@@H](CC[N+]3([O-])C[C@H]2O)OC1=O. The first-order valence-electron chi connectivity index (χ1n) is 9.11. The summed E-state index contributed by atoms with van der Waals surface area (Å²) in [5.41, 5.74) is -1.45. The minimum atomic E-state index is -1.80. The average Bonchev–Trinajstić information content (AvgIpc) is 3.00. The second-order valence-corrected chi connectivity index (χ2v) is 7.98. The molecule has 7 atom stereocenters. The summed E-state index contributed by atoms with van der Waals surface area (Å²) < 4.78 is 10.3. The van der Waals surface area contributed by atoms with Crippen LogP contribution in [0.25, 0.3) is 0 Å². The molecule has 8 nitrogen and oxygen atoms in total. The number of aliphatic hydroxyl groups excluding tert-OH is 1. The molecule has 0 saturated carbocycles. The lowest BCUT2D eigenvalue weighted by atomic mass is 9.85. The molecule has 0 aliphatic carbocycles. The van der Waals surface area contributed by atoms with Gasteiger partial charge in [-0.25, -0.2) is 9.59 Å². The van der Waals surface area contributed by atoms with E-state index in [1.54, 1.807) is 19.9 Å². The highest BCUT2D eigenvalue weighted by Gasteiger charge is 2.58. The maximum Gasteiger partial charge on any atom is 0.338 e. The van der Waals surface area contributed by atoms with Gasteiger partial charge in [-0.1, -0.05) is 13.0 Å². The van der Waals surface area contributed by atoms with Crippen LogP contribution in [0.1, 0.15) is 33.6 Å². The molecule has 146 valence electrons. The number of quaternary nitrogens is 1. The van der Waals surface area contributed by atoms with Gasteiger partial charge < -0.3 is 29.5 Å². The first-order valence-corrected chi connectivity index (χ1v) is 9.11. The molecule has 0 bridgehead atoms. The van der Waals surface area contributed by atoms with Crippen LogP contribution < -0.4 is 0 Å². The van der Waals surface area contributed by atoms with E-state index >= 15 is 0 Å². The van der Waals surface area contributed by atoms with Crippen LogP contribution in [0.4, 0.5) is 0 Å². The monoisotopic (exact) mass is 369 g/mol. The summed E-state index contributed by atoms with van der Waals surface area (Å²) in [5.74, 6) is -2.55. The van der Waals surface area contributed by atoms with E-state index in [9.17, 15) is 25.0 Å². The quantitative estimate of drug-likeness (QED) is 0.272. The second kappa shape index (κ2) is 6.60. The van der Waals surface area contributed by atoms with E-state index in [0.29, 0.717) is 12.0 Å². The van der Waals surface area contributed by atoms with Crippen molar-refractivity contribution in [1.29, 1.82) is 0 Å². The van der Waals surface area contributed by atoms with Gasteiger partial charge in [-0.15, -0.1) is 0 Å². The molecule has 26 heavy (non-hydrogen) atoms. The van der Waals surface area contributed by atoms with Crippen LogP contribution in [0.5, 0.6) is 0 Å². The Balaban J connectivity index is 1.95.